The van der Waals surface area contributed by atoms with E-state index in [9.17, 15) is 4.79 Å². The molecular formula is C13H13NO3. The number of benzene rings is 1. The minimum Gasteiger partial charge on any atom is -0.476 e. The van der Waals surface area contributed by atoms with E-state index in [1.54, 1.807) is 0 Å². The van der Waals surface area contributed by atoms with Crippen LogP contribution < -0.4 is 0 Å². The van der Waals surface area contributed by atoms with E-state index in [0.29, 0.717) is 12.2 Å². The molecule has 0 saturated carbocycles. The number of carboxylic acids is 1. The maximum absolute atomic E-state index is 10.8. The summed E-state index contributed by atoms with van der Waals surface area (Å²) in [4.78, 5) is 14.5. The zero-order chi connectivity index (χ0) is 12.1. The standard InChI is InChI=1S/C13H13NO3/c15-13(16)12-11(17-9-14-12)8-4-7-10-5-2-1-3-6-10/h1-3,5-6,9H,4,7-8H2,(H,15,16). The largest absolute Gasteiger partial charge is 0.476 e. The molecule has 4 heteroatoms. The number of aromatic nitrogens is 1. The Morgan fingerprint density at radius 3 is 2.71 bits per heavy atom. The van der Waals surface area contributed by atoms with Crippen LogP contribution in [0.5, 0.6) is 0 Å². The Balaban J connectivity index is 1.90. The predicted molar refractivity (Wildman–Crippen MR) is 61.9 cm³/mol. The highest BCUT2D eigenvalue weighted by atomic mass is 16.4. The molecule has 0 bridgehead atoms. The fourth-order valence-electron chi connectivity index (χ4n) is 1.72. The Hall–Kier alpha value is -2.10. The molecule has 0 aliphatic heterocycles. The molecule has 0 aliphatic rings. The second-order valence-electron chi connectivity index (χ2n) is 3.77. The van der Waals surface area contributed by atoms with Crippen molar-refractivity contribution in [1.29, 1.82) is 0 Å². The van der Waals surface area contributed by atoms with E-state index >= 15 is 0 Å². The molecule has 0 unspecified atom stereocenters. The Labute approximate surface area is 98.9 Å². The van der Waals surface area contributed by atoms with E-state index in [1.165, 1.54) is 12.0 Å². The summed E-state index contributed by atoms with van der Waals surface area (Å²) >= 11 is 0. The summed E-state index contributed by atoms with van der Waals surface area (Å²) in [5.41, 5.74) is 1.27. The lowest BCUT2D eigenvalue weighted by Gasteiger charge is -2.00. The van der Waals surface area contributed by atoms with Crippen molar-refractivity contribution in [3.8, 4) is 0 Å². The summed E-state index contributed by atoms with van der Waals surface area (Å²) in [6.07, 6.45) is 3.53. The van der Waals surface area contributed by atoms with Crippen LogP contribution in [0.4, 0.5) is 0 Å². The number of hydrogen-bond acceptors (Lipinski definition) is 3. The fourth-order valence-corrected chi connectivity index (χ4v) is 1.72. The van der Waals surface area contributed by atoms with E-state index in [1.807, 2.05) is 18.2 Å². The van der Waals surface area contributed by atoms with Gasteiger partial charge < -0.3 is 9.52 Å². The van der Waals surface area contributed by atoms with Gasteiger partial charge in [-0.1, -0.05) is 30.3 Å². The monoisotopic (exact) mass is 231 g/mol. The van der Waals surface area contributed by atoms with E-state index < -0.39 is 5.97 Å². The van der Waals surface area contributed by atoms with Gasteiger partial charge in [-0.2, -0.15) is 0 Å². The quantitative estimate of drug-likeness (QED) is 0.858. The molecule has 2 rings (SSSR count). The van der Waals surface area contributed by atoms with Crippen LogP contribution in [0.2, 0.25) is 0 Å². The average molecular weight is 231 g/mol. The van der Waals surface area contributed by atoms with Crippen molar-refractivity contribution >= 4 is 5.97 Å². The van der Waals surface area contributed by atoms with Gasteiger partial charge in [0.15, 0.2) is 12.1 Å². The Morgan fingerprint density at radius 1 is 1.24 bits per heavy atom. The van der Waals surface area contributed by atoms with Gasteiger partial charge in [0.2, 0.25) is 0 Å². The van der Waals surface area contributed by atoms with Gasteiger partial charge in [0.05, 0.1) is 0 Å². The van der Waals surface area contributed by atoms with E-state index in [4.69, 9.17) is 9.52 Å². The third-order valence-electron chi connectivity index (χ3n) is 2.56. The number of rotatable bonds is 5. The van der Waals surface area contributed by atoms with Gasteiger partial charge in [-0.25, -0.2) is 9.78 Å². The van der Waals surface area contributed by atoms with Crippen LogP contribution in [0.15, 0.2) is 41.1 Å². The fraction of sp³-hybridized carbons (Fsp3) is 0.231. The SMILES string of the molecule is O=C(O)c1ncoc1CCCc1ccccc1. The van der Waals surface area contributed by atoms with Crippen LogP contribution in [-0.2, 0) is 12.8 Å². The minimum atomic E-state index is -1.03. The van der Waals surface area contributed by atoms with Gasteiger partial charge in [-0.05, 0) is 18.4 Å². The van der Waals surface area contributed by atoms with E-state index in [-0.39, 0.29) is 5.69 Å². The molecule has 88 valence electrons. The summed E-state index contributed by atoms with van der Waals surface area (Å²) < 4.78 is 5.07. The molecule has 17 heavy (non-hydrogen) atoms. The van der Waals surface area contributed by atoms with Gasteiger partial charge >= 0.3 is 5.97 Å². The molecule has 1 aromatic carbocycles. The van der Waals surface area contributed by atoms with Crippen LogP contribution in [-0.4, -0.2) is 16.1 Å². The number of nitrogens with zero attached hydrogens (tertiary/aromatic N) is 1. The highest BCUT2D eigenvalue weighted by Crippen LogP contribution is 2.12. The van der Waals surface area contributed by atoms with Gasteiger partial charge in [0.1, 0.15) is 5.76 Å². The maximum atomic E-state index is 10.8. The molecule has 4 nitrogen and oxygen atoms in total. The molecule has 1 aromatic heterocycles. The van der Waals surface area contributed by atoms with Crippen molar-refractivity contribution in [3.05, 3.63) is 53.7 Å². The predicted octanol–water partition coefficient (Wildman–Crippen LogP) is 2.55. The molecule has 1 heterocycles. The molecule has 0 fully saturated rings. The van der Waals surface area contributed by atoms with Crippen LogP contribution in [0.3, 0.4) is 0 Å². The first-order valence-corrected chi connectivity index (χ1v) is 5.47. The maximum Gasteiger partial charge on any atom is 0.358 e. The molecule has 0 amide bonds. The number of aromatic carboxylic acids is 1. The normalized spacial score (nSPS) is 10.4. The Bertz CT molecular complexity index is 490. The van der Waals surface area contributed by atoms with Crippen molar-refractivity contribution in [2.24, 2.45) is 0 Å². The summed E-state index contributed by atoms with van der Waals surface area (Å²) in [5.74, 6) is -0.582. The summed E-state index contributed by atoms with van der Waals surface area (Å²) in [6.45, 7) is 0. The molecule has 0 spiro atoms. The molecule has 0 aliphatic carbocycles. The second-order valence-corrected chi connectivity index (χ2v) is 3.77. The molecule has 2 aromatic rings. The van der Waals surface area contributed by atoms with E-state index in [0.717, 1.165) is 12.8 Å². The Morgan fingerprint density at radius 2 is 2.00 bits per heavy atom. The molecule has 0 atom stereocenters. The zero-order valence-electron chi connectivity index (χ0n) is 9.30. The van der Waals surface area contributed by atoms with Crippen LogP contribution in [0.1, 0.15) is 28.2 Å². The lowest BCUT2D eigenvalue weighted by atomic mass is 10.1. The lowest BCUT2D eigenvalue weighted by molar-refractivity contribution is 0.0688. The van der Waals surface area contributed by atoms with Gasteiger partial charge in [0, 0.05) is 6.42 Å². The third-order valence-corrected chi connectivity index (χ3v) is 2.56. The van der Waals surface area contributed by atoms with Crippen molar-refractivity contribution in [1.82, 2.24) is 4.98 Å². The zero-order valence-corrected chi connectivity index (χ0v) is 9.30. The lowest BCUT2D eigenvalue weighted by Crippen LogP contribution is -2.01. The van der Waals surface area contributed by atoms with Crippen molar-refractivity contribution in [2.75, 3.05) is 0 Å². The van der Waals surface area contributed by atoms with Crippen LogP contribution in [0, 0.1) is 0 Å². The smallest absolute Gasteiger partial charge is 0.358 e. The molecular weight excluding hydrogens is 218 g/mol. The van der Waals surface area contributed by atoms with Gasteiger partial charge in [-0.15, -0.1) is 0 Å². The van der Waals surface area contributed by atoms with Gasteiger partial charge in [-0.3, -0.25) is 0 Å². The molecule has 1 N–H and O–H groups in total. The first-order valence-electron chi connectivity index (χ1n) is 5.47. The topological polar surface area (TPSA) is 63.3 Å². The van der Waals surface area contributed by atoms with Crippen molar-refractivity contribution in [2.45, 2.75) is 19.3 Å². The number of aryl methyl sites for hydroxylation is 2. The average Bonchev–Trinajstić information content (AvgIpc) is 2.79. The highest BCUT2D eigenvalue weighted by Gasteiger charge is 2.14. The third kappa shape index (κ3) is 2.93. The summed E-state index contributed by atoms with van der Waals surface area (Å²) in [6, 6.07) is 10.1. The number of hydrogen-bond donors (Lipinski definition) is 1. The second kappa shape index (κ2) is 5.30. The summed E-state index contributed by atoms with van der Waals surface area (Å²) in [5, 5.41) is 8.85. The van der Waals surface area contributed by atoms with Crippen molar-refractivity contribution in [3.63, 3.8) is 0 Å². The number of carbonyl (C=O) groups is 1. The minimum absolute atomic E-state index is 0.0260. The first-order chi connectivity index (χ1) is 8.27. The highest BCUT2D eigenvalue weighted by molar-refractivity contribution is 5.86. The van der Waals surface area contributed by atoms with Crippen LogP contribution in [0.25, 0.3) is 0 Å². The molecule has 0 saturated heterocycles. The van der Waals surface area contributed by atoms with Crippen molar-refractivity contribution < 1.29 is 14.3 Å². The number of carboxylic acid groups (broad SMARTS) is 1. The Kier molecular flexibility index (Phi) is 3.55. The number of oxazole rings is 1. The first kappa shape index (κ1) is 11.4. The summed E-state index contributed by atoms with van der Waals surface area (Å²) in [7, 11) is 0. The molecule has 0 radical (unpaired) electrons. The van der Waals surface area contributed by atoms with E-state index in [2.05, 4.69) is 17.1 Å². The van der Waals surface area contributed by atoms with Crippen LogP contribution >= 0.6 is 0 Å². The van der Waals surface area contributed by atoms with Gasteiger partial charge in [0.25, 0.3) is 0 Å².